The summed E-state index contributed by atoms with van der Waals surface area (Å²) in [6, 6.07) is 9.37. The average Bonchev–Trinajstić information content (AvgIpc) is 3.57. The lowest BCUT2D eigenvalue weighted by Crippen LogP contribution is -2.34. The molecule has 0 radical (unpaired) electrons. The van der Waals surface area contributed by atoms with Gasteiger partial charge in [0, 0.05) is 18.6 Å². The van der Waals surface area contributed by atoms with Crippen LogP contribution in [0.2, 0.25) is 0 Å². The van der Waals surface area contributed by atoms with Crippen LogP contribution in [0.15, 0.2) is 58.4 Å². The van der Waals surface area contributed by atoms with Gasteiger partial charge in [-0.05, 0) is 36.5 Å². The molecule has 0 spiro atoms. The Morgan fingerprint density at radius 3 is 2.62 bits per heavy atom. The van der Waals surface area contributed by atoms with Crippen molar-refractivity contribution < 1.29 is 26.8 Å². The lowest BCUT2D eigenvalue weighted by atomic mass is 9.91. The summed E-state index contributed by atoms with van der Waals surface area (Å²) in [4.78, 5) is 19.2. The molecule has 1 aliphatic heterocycles. The number of halogens is 1. The van der Waals surface area contributed by atoms with E-state index in [1.807, 2.05) is 20.8 Å². The van der Waals surface area contributed by atoms with Gasteiger partial charge in [-0.25, -0.2) is 17.8 Å². The van der Waals surface area contributed by atoms with Gasteiger partial charge in [0.1, 0.15) is 11.6 Å². The van der Waals surface area contributed by atoms with Gasteiger partial charge in [-0.2, -0.15) is 0 Å². The maximum Gasteiger partial charge on any atom is 0.228 e. The van der Waals surface area contributed by atoms with Gasteiger partial charge < -0.3 is 18.6 Å². The lowest BCUT2D eigenvalue weighted by molar-refractivity contribution is -0.134. The molecular formula is C27H34FN3O5S. The molecule has 4 rings (SSSR count). The molecule has 1 aliphatic rings. The third-order valence-electron chi connectivity index (χ3n) is 6.21. The van der Waals surface area contributed by atoms with E-state index in [1.165, 1.54) is 24.4 Å². The SMILES string of the molecule is CC(C)(C)CC(=O)N(Cc1ccco1)Cc1cnc(S(=O)(=O)Cc2ccccc2F)n1C[C@@H]1CCCO1. The quantitative estimate of drug-likeness (QED) is 0.375. The number of carbonyl (C=O) groups excluding carboxylic acids is 1. The van der Waals surface area contributed by atoms with Gasteiger partial charge in [0.25, 0.3) is 0 Å². The summed E-state index contributed by atoms with van der Waals surface area (Å²) >= 11 is 0. The Hall–Kier alpha value is -2.98. The highest BCUT2D eigenvalue weighted by atomic mass is 32.2. The molecule has 0 saturated carbocycles. The number of aromatic nitrogens is 2. The molecule has 2 aromatic heterocycles. The molecule has 0 unspecified atom stereocenters. The van der Waals surface area contributed by atoms with E-state index in [-0.39, 0.29) is 47.8 Å². The Labute approximate surface area is 217 Å². The molecule has 1 saturated heterocycles. The van der Waals surface area contributed by atoms with Gasteiger partial charge in [-0.3, -0.25) is 4.79 Å². The standard InChI is InChI=1S/C27H34FN3O5S/c1-27(2,3)14-25(32)30(17-22-9-6-12-35-22)16-21-15-29-26(31(21)18-23-10-7-13-36-23)37(33,34)19-20-8-4-5-11-24(20)28/h4-6,8-9,11-12,15,23H,7,10,13-14,16-19H2,1-3H3/t23-/m0/s1. The fourth-order valence-electron chi connectivity index (χ4n) is 4.42. The van der Waals surface area contributed by atoms with Crippen molar-refractivity contribution in [3.8, 4) is 0 Å². The predicted molar refractivity (Wildman–Crippen MR) is 136 cm³/mol. The number of furan rings is 1. The van der Waals surface area contributed by atoms with E-state index in [1.54, 1.807) is 33.9 Å². The van der Waals surface area contributed by atoms with Crippen molar-refractivity contribution in [1.82, 2.24) is 14.5 Å². The molecule has 8 nitrogen and oxygen atoms in total. The Kier molecular flexibility index (Phi) is 8.18. The van der Waals surface area contributed by atoms with Crippen LogP contribution in [0.3, 0.4) is 0 Å². The largest absolute Gasteiger partial charge is 0.467 e. The highest BCUT2D eigenvalue weighted by molar-refractivity contribution is 7.90. The second-order valence-corrected chi connectivity index (χ2v) is 12.6. The predicted octanol–water partition coefficient (Wildman–Crippen LogP) is 4.73. The van der Waals surface area contributed by atoms with Crippen LogP contribution in [-0.4, -0.2) is 41.5 Å². The highest BCUT2D eigenvalue weighted by Gasteiger charge is 2.30. The van der Waals surface area contributed by atoms with Crippen molar-refractivity contribution in [2.75, 3.05) is 6.61 Å². The Morgan fingerprint density at radius 2 is 1.97 bits per heavy atom. The van der Waals surface area contributed by atoms with E-state index in [4.69, 9.17) is 9.15 Å². The number of ether oxygens (including phenoxy) is 1. The third kappa shape index (κ3) is 7.07. The van der Waals surface area contributed by atoms with Crippen molar-refractivity contribution in [2.24, 2.45) is 5.41 Å². The molecule has 37 heavy (non-hydrogen) atoms. The zero-order valence-electron chi connectivity index (χ0n) is 21.5. The fraction of sp³-hybridized carbons (Fsp3) is 0.481. The van der Waals surface area contributed by atoms with Crippen LogP contribution in [0.1, 0.15) is 57.1 Å². The molecule has 200 valence electrons. The number of carbonyl (C=O) groups is 1. The molecule has 10 heteroatoms. The van der Waals surface area contributed by atoms with Crippen LogP contribution in [0, 0.1) is 11.2 Å². The molecule has 0 N–H and O–H groups in total. The topological polar surface area (TPSA) is 94.6 Å². The number of benzene rings is 1. The maximum atomic E-state index is 14.3. The molecule has 0 bridgehead atoms. The van der Waals surface area contributed by atoms with E-state index in [0.717, 1.165) is 12.8 Å². The Bertz CT molecular complexity index is 1310. The number of amides is 1. The van der Waals surface area contributed by atoms with Gasteiger partial charge in [0.2, 0.25) is 20.9 Å². The first-order chi connectivity index (χ1) is 17.5. The van der Waals surface area contributed by atoms with Crippen LogP contribution in [-0.2, 0) is 44.8 Å². The molecule has 3 aromatic rings. The summed E-state index contributed by atoms with van der Waals surface area (Å²) in [7, 11) is -3.99. The number of imidazole rings is 1. The van der Waals surface area contributed by atoms with Crippen LogP contribution < -0.4 is 0 Å². The van der Waals surface area contributed by atoms with Gasteiger partial charge >= 0.3 is 0 Å². The minimum atomic E-state index is -3.99. The second kappa shape index (κ2) is 11.2. The summed E-state index contributed by atoms with van der Waals surface area (Å²) in [6.45, 7) is 7.25. The summed E-state index contributed by atoms with van der Waals surface area (Å²) in [5.41, 5.74) is 0.414. The van der Waals surface area contributed by atoms with Crippen molar-refractivity contribution in [1.29, 1.82) is 0 Å². The molecule has 3 heterocycles. The normalized spacial score (nSPS) is 16.3. The molecule has 1 aromatic carbocycles. The van der Waals surface area contributed by atoms with E-state index in [2.05, 4.69) is 4.98 Å². The van der Waals surface area contributed by atoms with Crippen LogP contribution >= 0.6 is 0 Å². The first-order valence-electron chi connectivity index (χ1n) is 12.4. The van der Waals surface area contributed by atoms with Gasteiger partial charge in [0.05, 0.1) is 49.6 Å². The molecule has 1 fully saturated rings. The molecule has 1 atom stereocenters. The number of sulfone groups is 1. The van der Waals surface area contributed by atoms with Crippen LogP contribution in [0.5, 0.6) is 0 Å². The monoisotopic (exact) mass is 531 g/mol. The van der Waals surface area contributed by atoms with Crippen molar-refractivity contribution in [3.05, 3.63) is 71.7 Å². The maximum absolute atomic E-state index is 14.3. The first kappa shape index (κ1) is 27.1. The van der Waals surface area contributed by atoms with Crippen LogP contribution in [0.4, 0.5) is 4.39 Å². The molecule has 1 amide bonds. The number of nitrogens with zero attached hydrogens (tertiary/aromatic N) is 3. The third-order valence-corrected chi connectivity index (χ3v) is 7.78. The van der Waals surface area contributed by atoms with E-state index >= 15 is 0 Å². The Balaban J connectivity index is 1.67. The van der Waals surface area contributed by atoms with Gasteiger partial charge in [0.15, 0.2) is 0 Å². The van der Waals surface area contributed by atoms with Crippen molar-refractivity contribution in [3.63, 3.8) is 0 Å². The van der Waals surface area contributed by atoms with Crippen LogP contribution in [0.25, 0.3) is 0 Å². The summed E-state index contributed by atoms with van der Waals surface area (Å²) in [6.07, 6.45) is 4.87. The zero-order chi connectivity index (χ0) is 26.6. The minimum Gasteiger partial charge on any atom is -0.467 e. The second-order valence-electron chi connectivity index (χ2n) is 10.7. The summed E-state index contributed by atoms with van der Waals surface area (Å²) < 4.78 is 54.1. The van der Waals surface area contributed by atoms with E-state index in [0.29, 0.717) is 24.5 Å². The van der Waals surface area contributed by atoms with Gasteiger partial charge in [-0.15, -0.1) is 0 Å². The highest BCUT2D eigenvalue weighted by Crippen LogP contribution is 2.26. The number of hydrogen-bond acceptors (Lipinski definition) is 6. The molecular weight excluding hydrogens is 497 g/mol. The summed E-state index contributed by atoms with van der Waals surface area (Å²) in [5, 5.41) is -0.150. The fourth-order valence-corrected chi connectivity index (χ4v) is 5.94. The molecule has 0 aliphatic carbocycles. The van der Waals surface area contributed by atoms with Crippen molar-refractivity contribution >= 4 is 15.7 Å². The Morgan fingerprint density at radius 1 is 1.19 bits per heavy atom. The van der Waals surface area contributed by atoms with E-state index < -0.39 is 21.4 Å². The number of rotatable bonds is 10. The summed E-state index contributed by atoms with van der Waals surface area (Å²) in [5.74, 6) is -0.550. The minimum absolute atomic E-state index is 0.0791. The number of hydrogen-bond donors (Lipinski definition) is 0. The lowest BCUT2D eigenvalue weighted by Gasteiger charge is -2.27. The average molecular weight is 532 g/mol. The van der Waals surface area contributed by atoms with E-state index in [9.17, 15) is 17.6 Å². The first-order valence-corrected chi connectivity index (χ1v) is 14.1. The smallest absolute Gasteiger partial charge is 0.228 e. The van der Waals surface area contributed by atoms with Crippen molar-refractivity contribution in [2.45, 2.75) is 76.7 Å². The zero-order valence-corrected chi connectivity index (χ0v) is 22.3. The van der Waals surface area contributed by atoms with Gasteiger partial charge in [-0.1, -0.05) is 39.0 Å².